The second kappa shape index (κ2) is 5.65. The van der Waals surface area contributed by atoms with Crippen LogP contribution in [0.3, 0.4) is 0 Å². The van der Waals surface area contributed by atoms with Crippen molar-refractivity contribution in [2.24, 2.45) is 0 Å². The molecule has 3 heteroatoms. The van der Waals surface area contributed by atoms with Crippen molar-refractivity contribution in [3.05, 3.63) is 65.9 Å². The van der Waals surface area contributed by atoms with Crippen molar-refractivity contribution in [2.45, 2.75) is 25.7 Å². The first kappa shape index (κ1) is 11.9. The molecule has 19 heavy (non-hydrogen) atoms. The average molecular weight is 252 g/mol. The predicted octanol–water partition coefficient (Wildman–Crippen LogP) is 3.81. The Morgan fingerprint density at radius 3 is 2.84 bits per heavy atom. The van der Waals surface area contributed by atoms with Crippen LogP contribution in [0, 0.1) is 0 Å². The fourth-order valence-corrected chi connectivity index (χ4v) is 2.44. The molecular formula is C16H16N2O. The molecular weight excluding hydrogens is 236 g/mol. The lowest BCUT2D eigenvalue weighted by Gasteiger charge is -2.10. The van der Waals surface area contributed by atoms with Crippen LogP contribution in [-0.2, 0) is 6.42 Å². The van der Waals surface area contributed by atoms with Gasteiger partial charge in [0.25, 0.3) is 0 Å². The molecule has 0 aliphatic heterocycles. The summed E-state index contributed by atoms with van der Waals surface area (Å²) in [4.78, 5) is 0. The third kappa shape index (κ3) is 2.81. The normalized spacial score (nSPS) is 15.6. The molecule has 0 radical (unpaired) electrons. The third-order valence-corrected chi connectivity index (χ3v) is 3.37. The van der Waals surface area contributed by atoms with Crippen LogP contribution in [-0.4, -0.2) is 10.2 Å². The molecule has 3 rings (SSSR count). The summed E-state index contributed by atoms with van der Waals surface area (Å²) >= 11 is 0. The molecule has 0 saturated heterocycles. The summed E-state index contributed by atoms with van der Waals surface area (Å²) in [6.07, 6.45) is 10.0. The molecule has 1 aromatic heterocycles. The Morgan fingerprint density at radius 2 is 2.05 bits per heavy atom. The molecule has 3 nitrogen and oxygen atoms in total. The molecule has 2 aromatic rings. The fraction of sp³-hybridized carbons (Fsp3) is 0.250. The maximum absolute atomic E-state index is 5.28. The number of benzene rings is 1. The van der Waals surface area contributed by atoms with Crippen molar-refractivity contribution in [3.63, 3.8) is 0 Å². The second-order valence-electron chi connectivity index (χ2n) is 4.69. The van der Waals surface area contributed by atoms with E-state index < -0.39 is 0 Å². The van der Waals surface area contributed by atoms with Gasteiger partial charge in [-0.05, 0) is 30.4 Å². The van der Waals surface area contributed by atoms with Crippen LogP contribution in [0.1, 0.15) is 30.7 Å². The van der Waals surface area contributed by atoms with E-state index in [4.69, 9.17) is 4.42 Å². The van der Waals surface area contributed by atoms with Gasteiger partial charge >= 0.3 is 0 Å². The van der Waals surface area contributed by atoms with Gasteiger partial charge < -0.3 is 4.42 Å². The van der Waals surface area contributed by atoms with Crippen LogP contribution in [0.2, 0.25) is 0 Å². The van der Waals surface area contributed by atoms with Crippen molar-refractivity contribution < 1.29 is 4.42 Å². The topological polar surface area (TPSA) is 38.9 Å². The van der Waals surface area contributed by atoms with Crippen LogP contribution < -0.4 is 0 Å². The van der Waals surface area contributed by atoms with Gasteiger partial charge in [0.2, 0.25) is 12.3 Å². The lowest BCUT2D eigenvalue weighted by molar-refractivity contribution is 0.501. The number of allylic oxidation sites excluding steroid dienone is 4. The van der Waals surface area contributed by atoms with E-state index in [1.54, 1.807) is 0 Å². The molecule has 0 bridgehead atoms. The number of hydrogen-bond acceptors (Lipinski definition) is 3. The van der Waals surface area contributed by atoms with E-state index in [0.29, 0.717) is 5.89 Å². The quantitative estimate of drug-likeness (QED) is 0.833. The van der Waals surface area contributed by atoms with Gasteiger partial charge in [-0.2, -0.15) is 0 Å². The Labute approximate surface area is 112 Å². The molecule has 0 amide bonds. The van der Waals surface area contributed by atoms with Gasteiger partial charge in [-0.1, -0.05) is 48.1 Å². The summed E-state index contributed by atoms with van der Waals surface area (Å²) < 4.78 is 5.28. The van der Waals surface area contributed by atoms with E-state index in [1.165, 1.54) is 29.5 Å². The molecule has 1 aliphatic rings. The lowest BCUT2D eigenvalue weighted by atomic mass is 9.96. The first-order chi connectivity index (χ1) is 9.43. The Kier molecular flexibility index (Phi) is 3.54. The van der Waals surface area contributed by atoms with Gasteiger partial charge in [-0.15, -0.1) is 10.2 Å². The summed E-state index contributed by atoms with van der Waals surface area (Å²) in [5.74, 6) is 0.693. The Balaban J connectivity index is 1.99. The average Bonchev–Trinajstić information content (AvgIpc) is 2.85. The summed E-state index contributed by atoms with van der Waals surface area (Å²) in [5, 5.41) is 7.75. The molecule has 1 aromatic carbocycles. The smallest absolute Gasteiger partial charge is 0.220 e. The van der Waals surface area contributed by atoms with Gasteiger partial charge in [0.1, 0.15) is 0 Å². The molecule has 0 saturated carbocycles. The number of hydrogen-bond donors (Lipinski definition) is 0. The van der Waals surface area contributed by atoms with Crippen molar-refractivity contribution >= 4 is 5.57 Å². The first-order valence-corrected chi connectivity index (χ1v) is 6.62. The molecule has 0 fully saturated rings. The zero-order chi connectivity index (χ0) is 12.9. The van der Waals surface area contributed by atoms with Gasteiger partial charge in [0, 0.05) is 6.42 Å². The highest BCUT2D eigenvalue weighted by Gasteiger charge is 2.12. The van der Waals surface area contributed by atoms with E-state index in [0.717, 1.165) is 19.3 Å². The summed E-state index contributed by atoms with van der Waals surface area (Å²) in [6, 6.07) is 10.5. The van der Waals surface area contributed by atoms with Crippen molar-refractivity contribution in [2.75, 3.05) is 0 Å². The first-order valence-electron chi connectivity index (χ1n) is 6.62. The zero-order valence-electron chi connectivity index (χ0n) is 10.7. The standard InChI is InChI=1S/C16H16N2O/c1-3-7-13(8-4-1)15-10-6-2-5-9-14(15)11-16-18-17-12-19-16/h1,3-4,6-8,10,12H,2,5,9,11H2. The molecule has 0 unspecified atom stereocenters. The minimum atomic E-state index is 0.693. The zero-order valence-corrected chi connectivity index (χ0v) is 10.7. The molecule has 1 heterocycles. The summed E-state index contributed by atoms with van der Waals surface area (Å²) in [6.45, 7) is 0. The van der Waals surface area contributed by atoms with Crippen molar-refractivity contribution in [1.29, 1.82) is 0 Å². The van der Waals surface area contributed by atoms with E-state index in [-0.39, 0.29) is 0 Å². The minimum Gasteiger partial charge on any atom is -0.428 e. The Bertz CT molecular complexity index is 582. The SMILES string of the molecule is C1=CC(c2ccccc2)=C(Cc2nnco2)CCC1. The van der Waals surface area contributed by atoms with Crippen LogP contribution in [0.5, 0.6) is 0 Å². The largest absolute Gasteiger partial charge is 0.428 e. The highest BCUT2D eigenvalue weighted by atomic mass is 16.4. The number of aromatic nitrogens is 2. The fourth-order valence-electron chi connectivity index (χ4n) is 2.44. The summed E-state index contributed by atoms with van der Waals surface area (Å²) in [7, 11) is 0. The molecule has 0 N–H and O–H groups in total. The Hall–Kier alpha value is -2.16. The van der Waals surface area contributed by atoms with E-state index in [9.17, 15) is 0 Å². The van der Waals surface area contributed by atoms with Gasteiger partial charge in [-0.3, -0.25) is 0 Å². The molecule has 0 atom stereocenters. The van der Waals surface area contributed by atoms with Gasteiger partial charge in [0.15, 0.2) is 0 Å². The third-order valence-electron chi connectivity index (χ3n) is 3.37. The van der Waals surface area contributed by atoms with Crippen LogP contribution in [0.15, 0.2) is 58.9 Å². The van der Waals surface area contributed by atoms with Crippen LogP contribution in [0.4, 0.5) is 0 Å². The Morgan fingerprint density at radius 1 is 1.16 bits per heavy atom. The number of rotatable bonds is 3. The van der Waals surface area contributed by atoms with Crippen LogP contribution >= 0.6 is 0 Å². The van der Waals surface area contributed by atoms with Crippen molar-refractivity contribution in [1.82, 2.24) is 10.2 Å². The van der Waals surface area contributed by atoms with Crippen molar-refractivity contribution in [3.8, 4) is 0 Å². The van der Waals surface area contributed by atoms with E-state index >= 15 is 0 Å². The monoisotopic (exact) mass is 252 g/mol. The molecule has 96 valence electrons. The van der Waals surface area contributed by atoms with Gasteiger partial charge in [0.05, 0.1) is 0 Å². The minimum absolute atomic E-state index is 0.693. The van der Waals surface area contributed by atoms with E-state index in [2.05, 4.69) is 46.6 Å². The van der Waals surface area contributed by atoms with Crippen LogP contribution in [0.25, 0.3) is 5.57 Å². The maximum atomic E-state index is 5.28. The number of nitrogens with zero attached hydrogens (tertiary/aromatic N) is 2. The summed E-state index contributed by atoms with van der Waals surface area (Å²) in [5.41, 5.74) is 3.94. The maximum Gasteiger partial charge on any atom is 0.220 e. The molecule has 1 aliphatic carbocycles. The van der Waals surface area contributed by atoms with Gasteiger partial charge in [-0.25, -0.2) is 0 Å². The predicted molar refractivity (Wildman–Crippen MR) is 74.4 cm³/mol. The van der Waals surface area contributed by atoms with E-state index in [1.807, 2.05) is 6.07 Å². The lowest BCUT2D eigenvalue weighted by Crippen LogP contribution is -1.95. The molecule has 0 spiro atoms. The highest BCUT2D eigenvalue weighted by molar-refractivity contribution is 5.77. The second-order valence-corrected chi connectivity index (χ2v) is 4.69. The highest BCUT2D eigenvalue weighted by Crippen LogP contribution is 2.28.